The van der Waals surface area contributed by atoms with Crippen LogP contribution in [0.5, 0.6) is 5.75 Å². The van der Waals surface area contributed by atoms with Gasteiger partial charge in [-0.15, -0.1) is 0 Å². The lowest BCUT2D eigenvalue weighted by Gasteiger charge is -1.99. The first kappa shape index (κ1) is 10.3. The number of benzene rings is 1. The number of nitrogens with zero attached hydrogens (tertiary/aromatic N) is 2. The summed E-state index contributed by atoms with van der Waals surface area (Å²) < 4.78 is 4.83. The highest BCUT2D eigenvalue weighted by Crippen LogP contribution is 2.23. The van der Waals surface area contributed by atoms with Gasteiger partial charge in [0.05, 0.1) is 6.54 Å². The molecule has 0 saturated carbocycles. The van der Waals surface area contributed by atoms with E-state index in [9.17, 15) is 9.90 Å². The minimum atomic E-state index is 0.00777. The number of carbonyl (C=O) groups is 1. The van der Waals surface area contributed by atoms with Gasteiger partial charge in [0.15, 0.2) is 6.29 Å². The Morgan fingerprint density at radius 2 is 2.31 bits per heavy atom. The van der Waals surface area contributed by atoms with Crippen molar-refractivity contribution in [1.29, 1.82) is 0 Å². The second-order valence-electron chi connectivity index (χ2n) is 3.11. The molecule has 0 aliphatic heterocycles. The molecule has 0 aliphatic carbocycles. The Morgan fingerprint density at radius 3 is 2.94 bits per heavy atom. The molecule has 0 saturated heterocycles. The Bertz CT molecular complexity index is 522. The van der Waals surface area contributed by atoms with E-state index < -0.39 is 0 Å². The van der Waals surface area contributed by atoms with Crippen LogP contribution in [0.4, 0.5) is 0 Å². The van der Waals surface area contributed by atoms with Gasteiger partial charge in [0.25, 0.3) is 0 Å². The number of hydrogen-bond donors (Lipinski definition) is 2. The first-order valence-electron chi connectivity index (χ1n) is 4.56. The predicted molar refractivity (Wildman–Crippen MR) is 54.7 cm³/mol. The van der Waals surface area contributed by atoms with E-state index in [1.165, 1.54) is 12.1 Å². The summed E-state index contributed by atoms with van der Waals surface area (Å²) in [4.78, 5) is 14.8. The molecule has 6 nitrogen and oxygen atoms in total. The summed E-state index contributed by atoms with van der Waals surface area (Å²) in [5.41, 5.74) is 6.12. The molecule has 0 spiro atoms. The van der Waals surface area contributed by atoms with Gasteiger partial charge in [0, 0.05) is 11.1 Å². The van der Waals surface area contributed by atoms with E-state index in [2.05, 4.69) is 10.1 Å². The van der Waals surface area contributed by atoms with Gasteiger partial charge in [-0.05, 0) is 18.2 Å². The van der Waals surface area contributed by atoms with E-state index in [0.717, 1.165) is 0 Å². The largest absolute Gasteiger partial charge is 0.508 e. The number of aldehydes is 1. The van der Waals surface area contributed by atoms with Crippen molar-refractivity contribution in [1.82, 2.24) is 10.1 Å². The molecular weight excluding hydrogens is 210 g/mol. The van der Waals surface area contributed by atoms with Crippen LogP contribution in [0.1, 0.15) is 16.2 Å². The molecule has 0 fully saturated rings. The molecule has 6 heteroatoms. The van der Waals surface area contributed by atoms with Crippen molar-refractivity contribution in [2.75, 3.05) is 0 Å². The molecule has 0 unspecified atom stereocenters. The van der Waals surface area contributed by atoms with Crippen molar-refractivity contribution >= 4 is 6.29 Å². The Hall–Kier alpha value is -2.21. The number of rotatable bonds is 3. The summed E-state index contributed by atoms with van der Waals surface area (Å²) in [5.74, 6) is 0.580. The smallest absolute Gasteiger partial charge is 0.240 e. The lowest BCUT2D eigenvalue weighted by atomic mass is 10.1. The Balaban J connectivity index is 2.50. The zero-order valence-corrected chi connectivity index (χ0v) is 8.25. The fourth-order valence-electron chi connectivity index (χ4n) is 1.30. The number of phenols is 1. The molecule has 0 radical (unpaired) electrons. The van der Waals surface area contributed by atoms with E-state index >= 15 is 0 Å². The fraction of sp³-hybridized carbons (Fsp3) is 0.100. The predicted octanol–water partition coefficient (Wildman–Crippen LogP) is 0.713. The van der Waals surface area contributed by atoms with Crippen molar-refractivity contribution in [3.8, 4) is 17.1 Å². The third-order valence-electron chi connectivity index (χ3n) is 2.05. The van der Waals surface area contributed by atoms with E-state index in [0.29, 0.717) is 23.3 Å². The molecule has 1 aromatic carbocycles. The monoisotopic (exact) mass is 219 g/mol. The topological polar surface area (TPSA) is 102 Å². The van der Waals surface area contributed by atoms with E-state index in [-0.39, 0.29) is 18.1 Å². The molecule has 2 rings (SSSR count). The van der Waals surface area contributed by atoms with Crippen molar-refractivity contribution < 1.29 is 14.4 Å². The van der Waals surface area contributed by atoms with Crippen molar-refractivity contribution in [2.24, 2.45) is 5.73 Å². The normalized spacial score (nSPS) is 10.3. The summed E-state index contributed by atoms with van der Waals surface area (Å²) in [6, 6.07) is 4.33. The van der Waals surface area contributed by atoms with Crippen molar-refractivity contribution in [2.45, 2.75) is 6.54 Å². The van der Waals surface area contributed by atoms with Gasteiger partial charge in [0.2, 0.25) is 11.7 Å². The van der Waals surface area contributed by atoms with Gasteiger partial charge >= 0.3 is 0 Å². The summed E-state index contributed by atoms with van der Waals surface area (Å²) in [6.45, 7) is 0.140. The summed E-state index contributed by atoms with van der Waals surface area (Å²) in [5, 5.41) is 12.9. The Morgan fingerprint density at radius 1 is 1.50 bits per heavy atom. The number of hydrogen-bond acceptors (Lipinski definition) is 6. The number of aromatic hydroxyl groups is 1. The maximum absolute atomic E-state index is 10.8. The van der Waals surface area contributed by atoms with Crippen LogP contribution < -0.4 is 5.73 Å². The van der Waals surface area contributed by atoms with Crippen molar-refractivity contribution in [3.05, 3.63) is 29.7 Å². The first-order chi connectivity index (χ1) is 7.74. The quantitative estimate of drug-likeness (QED) is 0.737. The molecule has 1 aromatic heterocycles. The lowest BCUT2D eigenvalue weighted by Crippen LogP contribution is -1.96. The van der Waals surface area contributed by atoms with Crippen LogP contribution in [0.2, 0.25) is 0 Å². The number of nitrogens with two attached hydrogens (primary N) is 1. The second-order valence-corrected chi connectivity index (χ2v) is 3.11. The third kappa shape index (κ3) is 1.78. The zero-order chi connectivity index (χ0) is 11.5. The Kier molecular flexibility index (Phi) is 2.65. The molecule has 2 aromatic rings. The Labute approximate surface area is 90.7 Å². The number of phenolic OH excluding ortho intramolecular Hbond substituents is 1. The molecule has 0 bridgehead atoms. The van der Waals surface area contributed by atoms with Gasteiger partial charge < -0.3 is 15.4 Å². The molecule has 3 N–H and O–H groups in total. The van der Waals surface area contributed by atoms with E-state index in [4.69, 9.17) is 10.3 Å². The minimum Gasteiger partial charge on any atom is -0.508 e. The summed E-state index contributed by atoms with van der Waals surface area (Å²) in [6.07, 6.45) is 0.619. The molecule has 1 heterocycles. The number of carbonyl (C=O) groups excluding carboxylic acids is 1. The first-order valence-corrected chi connectivity index (χ1v) is 4.56. The molecular formula is C10H9N3O3. The van der Waals surface area contributed by atoms with Crippen LogP contribution >= 0.6 is 0 Å². The third-order valence-corrected chi connectivity index (χ3v) is 2.05. The minimum absolute atomic E-state index is 0.00777. The average molecular weight is 219 g/mol. The van der Waals surface area contributed by atoms with Crippen molar-refractivity contribution in [3.63, 3.8) is 0 Å². The summed E-state index contributed by atoms with van der Waals surface area (Å²) in [7, 11) is 0. The molecule has 0 amide bonds. The molecule has 0 aliphatic rings. The van der Waals surface area contributed by atoms with Gasteiger partial charge in [-0.25, -0.2) is 0 Å². The number of aromatic nitrogens is 2. The van der Waals surface area contributed by atoms with Crippen LogP contribution in [-0.2, 0) is 6.54 Å². The highest BCUT2D eigenvalue weighted by Gasteiger charge is 2.12. The van der Waals surface area contributed by atoms with Gasteiger partial charge in [-0.3, -0.25) is 4.79 Å². The van der Waals surface area contributed by atoms with E-state index in [1.54, 1.807) is 6.07 Å². The molecule has 82 valence electrons. The SMILES string of the molecule is NCc1nc(-c2ccc(O)cc2C=O)no1. The lowest BCUT2D eigenvalue weighted by molar-refractivity contribution is 0.112. The van der Waals surface area contributed by atoms with Crippen LogP contribution in [0.25, 0.3) is 11.4 Å². The zero-order valence-electron chi connectivity index (χ0n) is 8.25. The standard InChI is InChI=1S/C10H9N3O3/c11-4-9-12-10(13-16-9)8-2-1-7(15)3-6(8)5-14/h1-3,5,15H,4,11H2. The van der Waals surface area contributed by atoms with Gasteiger partial charge in [-0.1, -0.05) is 5.16 Å². The maximum Gasteiger partial charge on any atom is 0.240 e. The highest BCUT2D eigenvalue weighted by molar-refractivity contribution is 5.86. The average Bonchev–Trinajstić information content (AvgIpc) is 2.77. The summed E-state index contributed by atoms with van der Waals surface area (Å²) >= 11 is 0. The molecule has 0 atom stereocenters. The van der Waals surface area contributed by atoms with Crippen LogP contribution in [0, 0.1) is 0 Å². The van der Waals surface area contributed by atoms with Crippen LogP contribution in [0.3, 0.4) is 0 Å². The second kappa shape index (κ2) is 4.11. The van der Waals surface area contributed by atoms with Crippen LogP contribution in [-0.4, -0.2) is 21.5 Å². The molecule has 16 heavy (non-hydrogen) atoms. The van der Waals surface area contributed by atoms with E-state index in [1.807, 2.05) is 0 Å². The fourth-order valence-corrected chi connectivity index (χ4v) is 1.30. The van der Waals surface area contributed by atoms with Crippen LogP contribution in [0.15, 0.2) is 22.7 Å². The van der Waals surface area contributed by atoms with Gasteiger partial charge in [0.1, 0.15) is 5.75 Å². The maximum atomic E-state index is 10.8. The van der Waals surface area contributed by atoms with Gasteiger partial charge in [-0.2, -0.15) is 4.98 Å². The highest BCUT2D eigenvalue weighted by atomic mass is 16.5.